The van der Waals surface area contributed by atoms with Crippen molar-refractivity contribution in [2.45, 2.75) is 45.8 Å². The Kier molecular flexibility index (Phi) is 5.88. The molecular formula is C24H34N6O3. The van der Waals surface area contributed by atoms with Crippen LogP contribution in [0.1, 0.15) is 40.8 Å². The van der Waals surface area contributed by atoms with Gasteiger partial charge in [-0.2, -0.15) is 0 Å². The van der Waals surface area contributed by atoms with Gasteiger partial charge in [0.05, 0.1) is 38.0 Å². The summed E-state index contributed by atoms with van der Waals surface area (Å²) < 4.78 is 5.64. The summed E-state index contributed by atoms with van der Waals surface area (Å²) in [5.74, 6) is 1.95. The number of fused-ring (bicyclic) bond motifs is 1. The molecule has 0 bridgehead atoms. The summed E-state index contributed by atoms with van der Waals surface area (Å²) in [4.78, 5) is 38.6. The molecule has 9 heteroatoms. The van der Waals surface area contributed by atoms with E-state index < -0.39 is 0 Å². The highest BCUT2D eigenvalue weighted by Crippen LogP contribution is 2.37. The fraction of sp³-hybridized carbons (Fsp3) is 0.500. The Morgan fingerprint density at radius 3 is 2.67 bits per heavy atom. The molecule has 2 aliphatic heterocycles. The molecule has 1 aromatic heterocycles. The van der Waals surface area contributed by atoms with Crippen molar-refractivity contribution in [2.75, 3.05) is 36.5 Å². The number of ether oxygens (including phenoxy) is 1. The van der Waals surface area contributed by atoms with Gasteiger partial charge in [0.1, 0.15) is 5.82 Å². The van der Waals surface area contributed by atoms with Gasteiger partial charge in [0.25, 0.3) is 0 Å². The van der Waals surface area contributed by atoms with Crippen molar-refractivity contribution in [3.05, 3.63) is 35.5 Å². The molecule has 0 radical (unpaired) electrons. The molecule has 33 heavy (non-hydrogen) atoms. The zero-order valence-corrected chi connectivity index (χ0v) is 19.1. The summed E-state index contributed by atoms with van der Waals surface area (Å²) in [7, 11) is 0. The van der Waals surface area contributed by atoms with Crippen LogP contribution in [0.5, 0.6) is 0 Å². The monoisotopic (exact) mass is 454 g/mol. The smallest absolute Gasteiger partial charge is 0.319 e. The Morgan fingerprint density at radius 2 is 1.97 bits per heavy atom. The van der Waals surface area contributed by atoms with Crippen LogP contribution < -0.4 is 15.5 Å². The molecule has 9 nitrogen and oxygen atoms in total. The van der Waals surface area contributed by atoms with Gasteiger partial charge in [-0.25, -0.2) is 14.8 Å². The van der Waals surface area contributed by atoms with Crippen molar-refractivity contribution in [3.8, 4) is 11.4 Å². The van der Waals surface area contributed by atoms with E-state index in [1.807, 2.05) is 36.1 Å². The predicted molar refractivity (Wildman–Crippen MR) is 129 cm³/mol. The molecule has 178 valence electrons. The maximum absolute atomic E-state index is 12.8. The Hall–Kier alpha value is -3.20. The van der Waals surface area contributed by atoms with E-state index in [9.17, 15) is 9.59 Å². The van der Waals surface area contributed by atoms with Crippen LogP contribution in [-0.2, 0) is 22.6 Å². The van der Waals surface area contributed by atoms with Crippen molar-refractivity contribution >= 4 is 23.4 Å². The number of carbonyl (C=O) groups is 2. The summed E-state index contributed by atoms with van der Waals surface area (Å²) in [5, 5.41) is 5.53. The first kappa shape index (κ1) is 21.6. The molecule has 1 aliphatic carbocycles. The molecule has 2 aromatic rings. The lowest BCUT2D eigenvalue weighted by atomic mass is 10.1. The summed E-state index contributed by atoms with van der Waals surface area (Å²) in [5.41, 5.74) is 3.55. The maximum atomic E-state index is 12.8. The number of rotatable bonds is 5. The fourth-order valence-corrected chi connectivity index (χ4v) is 4.43. The highest BCUT2D eigenvalue weighted by Gasteiger charge is 2.38. The van der Waals surface area contributed by atoms with Crippen molar-refractivity contribution < 1.29 is 17.2 Å². The molecule has 0 spiro atoms. The number of nitrogens with zero attached hydrogens (tertiary/aromatic N) is 4. The first-order chi connectivity index (χ1) is 16.0. The number of benzene rings is 1. The molecule has 3 aliphatic rings. The van der Waals surface area contributed by atoms with Crippen molar-refractivity contribution in [1.82, 2.24) is 20.2 Å². The summed E-state index contributed by atoms with van der Waals surface area (Å²) in [6.07, 6.45) is 1.99. The Bertz CT molecular complexity index is 1060. The number of urea groups is 1. The Morgan fingerprint density at radius 1 is 1.18 bits per heavy atom. The van der Waals surface area contributed by atoms with E-state index in [0.29, 0.717) is 44.4 Å². The molecular weight excluding hydrogens is 420 g/mol. The highest BCUT2D eigenvalue weighted by molar-refractivity contribution is 5.89. The minimum Gasteiger partial charge on any atom is -0.377 e. The van der Waals surface area contributed by atoms with E-state index in [2.05, 4.69) is 22.5 Å². The molecule has 3 heterocycles. The van der Waals surface area contributed by atoms with Crippen LogP contribution in [0.15, 0.2) is 24.3 Å². The number of amides is 3. The number of hydrogen-bond acceptors (Lipinski definition) is 6. The first-order valence-electron chi connectivity index (χ1n) is 11.7. The number of carbonyl (C=O) groups excluding carboxylic acids is 2. The van der Waals surface area contributed by atoms with Crippen LogP contribution in [0.2, 0.25) is 0 Å². The zero-order valence-electron chi connectivity index (χ0n) is 19.1. The second-order valence-electron chi connectivity index (χ2n) is 8.94. The van der Waals surface area contributed by atoms with Gasteiger partial charge in [-0.1, -0.05) is 0 Å². The van der Waals surface area contributed by atoms with Crippen molar-refractivity contribution in [2.24, 2.45) is 5.92 Å². The van der Waals surface area contributed by atoms with Crippen LogP contribution >= 0.6 is 0 Å². The predicted octanol–water partition coefficient (Wildman–Crippen LogP) is 3.25. The molecule has 2 N–H and O–H groups in total. The molecule has 1 saturated carbocycles. The van der Waals surface area contributed by atoms with Gasteiger partial charge < -0.3 is 25.2 Å². The van der Waals surface area contributed by atoms with E-state index >= 15 is 0 Å². The van der Waals surface area contributed by atoms with Crippen LogP contribution in [0.3, 0.4) is 0 Å². The maximum Gasteiger partial charge on any atom is 0.319 e. The normalized spacial score (nSPS) is 19.9. The van der Waals surface area contributed by atoms with Crippen LogP contribution in [0, 0.1) is 5.92 Å². The number of anilines is 2. The Balaban J connectivity index is 0.00000171. The van der Waals surface area contributed by atoms with Crippen LogP contribution in [0.25, 0.3) is 11.4 Å². The third-order valence-electron chi connectivity index (χ3n) is 6.38. The summed E-state index contributed by atoms with van der Waals surface area (Å²) in [6.45, 7) is 7.74. The van der Waals surface area contributed by atoms with Crippen molar-refractivity contribution in [1.29, 1.82) is 0 Å². The fourth-order valence-electron chi connectivity index (χ4n) is 4.43. The molecule has 1 aromatic carbocycles. The molecule has 2 fully saturated rings. The van der Waals surface area contributed by atoms with E-state index in [1.165, 1.54) is 0 Å². The largest absolute Gasteiger partial charge is 0.377 e. The van der Waals surface area contributed by atoms with E-state index in [4.69, 9.17) is 14.7 Å². The number of aromatic nitrogens is 2. The number of morpholine rings is 1. The first-order valence-corrected chi connectivity index (χ1v) is 11.7. The standard InChI is InChI=1S/C24H30N6O3.2H2/c1-3-25-24(32)26-18-8-6-16(7-9-18)21-27-20-13-29(23(31)17-4-5-17)12-19(20)22(28-21)30-10-11-33-14-15(30)2;;/h6-9,15,17H,3-5,10-14H2,1-2H3,(H2,25,26,32);2*1H/t15-;;/m0../s1. The topological polar surface area (TPSA) is 99.7 Å². The van der Waals surface area contributed by atoms with Gasteiger partial charge in [-0.15, -0.1) is 0 Å². The number of hydrogen-bond donors (Lipinski definition) is 2. The van der Waals surface area contributed by atoms with Crippen LogP contribution in [-0.4, -0.2) is 59.2 Å². The molecule has 1 saturated heterocycles. The second-order valence-corrected chi connectivity index (χ2v) is 8.94. The van der Waals surface area contributed by atoms with E-state index in [1.54, 1.807) is 0 Å². The molecule has 5 rings (SSSR count). The van der Waals surface area contributed by atoms with Crippen LogP contribution in [0.4, 0.5) is 16.3 Å². The highest BCUT2D eigenvalue weighted by atomic mass is 16.5. The third-order valence-corrected chi connectivity index (χ3v) is 6.38. The van der Waals surface area contributed by atoms with Crippen molar-refractivity contribution in [3.63, 3.8) is 0 Å². The lowest BCUT2D eigenvalue weighted by molar-refractivity contribution is -0.133. The lowest BCUT2D eigenvalue weighted by Gasteiger charge is -2.35. The summed E-state index contributed by atoms with van der Waals surface area (Å²) in [6, 6.07) is 7.49. The minimum absolute atomic E-state index is 0. The quantitative estimate of drug-likeness (QED) is 0.719. The van der Waals surface area contributed by atoms with Gasteiger partial charge in [-0.3, -0.25) is 4.79 Å². The average molecular weight is 455 g/mol. The van der Waals surface area contributed by atoms with Gasteiger partial charge in [0.15, 0.2) is 5.82 Å². The molecule has 3 amide bonds. The van der Waals surface area contributed by atoms with E-state index in [-0.39, 0.29) is 26.8 Å². The SMILES string of the molecule is CCNC(=O)Nc1ccc(-c2nc3c(c(N4CCOC[C@@H]4C)n2)CN(C(=O)C2CC2)C3)cc1.[HH].[HH]. The second kappa shape index (κ2) is 8.97. The van der Waals surface area contributed by atoms with Gasteiger partial charge >= 0.3 is 6.03 Å². The molecule has 1 atom stereocenters. The minimum atomic E-state index is -0.233. The average Bonchev–Trinajstić information content (AvgIpc) is 3.57. The zero-order chi connectivity index (χ0) is 22.9. The summed E-state index contributed by atoms with van der Waals surface area (Å²) >= 11 is 0. The molecule has 0 unspecified atom stereocenters. The van der Waals surface area contributed by atoms with Gasteiger partial charge in [0.2, 0.25) is 5.91 Å². The lowest BCUT2D eigenvalue weighted by Crippen LogP contribution is -2.44. The number of nitrogens with one attached hydrogen (secondary N) is 2. The third kappa shape index (κ3) is 4.50. The van der Waals surface area contributed by atoms with E-state index in [0.717, 1.165) is 42.0 Å². The van der Waals surface area contributed by atoms with Gasteiger partial charge in [0, 0.05) is 38.7 Å². The Labute approximate surface area is 196 Å². The van der Waals surface area contributed by atoms with Gasteiger partial charge in [-0.05, 0) is 51.0 Å².